The number of methoxy groups -OCH3 is 4. The van der Waals surface area contributed by atoms with Gasteiger partial charge in [-0.2, -0.15) is 8.42 Å². The smallest absolute Gasteiger partial charge is 0.339 e. The van der Waals surface area contributed by atoms with E-state index in [4.69, 9.17) is 28.9 Å². The van der Waals surface area contributed by atoms with Crippen molar-refractivity contribution in [2.24, 2.45) is 0 Å². The standard InChI is InChI=1S/C25H25NO9S/c1-31-20-13-16(19(26)14-21(20)32-2)10-18(25(27)28)15-11-22(33-3)24(23(12-15)34-4)35-36(29,30)17-8-6-5-7-9-17/h5-14H,26H2,1-4H3,(H,27,28)/b18-10+. The highest BCUT2D eigenvalue weighted by atomic mass is 32.2. The van der Waals surface area contributed by atoms with E-state index >= 15 is 0 Å². The minimum Gasteiger partial charge on any atom is -0.493 e. The number of nitrogen functional groups attached to an aromatic ring is 1. The first kappa shape index (κ1) is 26.2. The third kappa shape index (κ3) is 5.47. The van der Waals surface area contributed by atoms with Gasteiger partial charge in [0.15, 0.2) is 23.0 Å². The van der Waals surface area contributed by atoms with Crippen molar-refractivity contribution in [1.29, 1.82) is 0 Å². The van der Waals surface area contributed by atoms with Gasteiger partial charge in [0, 0.05) is 17.3 Å². The van der Waals surface area contributed by atoms with Crippen LogP contribution in [-0.4, -0.2) is 47.9 Å². The Balaban J connectivity index is 2.15. The summed E-state index contributed by atoms with van der Waals surface area (Å²) in [6.07, 6.45) is 1.34. The Morgan fingerprint density at radius 1 is 0.833 bits per heavy atom. The minimum atomic E-state index is -4.23. The third-order valence-corrected chi connectivity index (χ3v) is 6.35. The maximum Gasteiger partial charge on any atom is 0.339 e. The van der Waals surface area contributed by atoms with Gasteiger partial charge >= 0.3 is 16.1 Å². The topological polar surface area (TPSA) is 144 Å². The quantitative estimate of drug-likeness (QED) is 0.177. The lowest BCUT2D eigenvalue weighted by Crippen LogP contribution is -2.11. The highest BCUT2D eigenvalue weighted by Gasteiger charge is 2.25. The second-order valence-electron chi connectivity index (χ2n) is 7.26. The van der Waals surface area contributed by atoms with E-state index in [1.54, 1.807) is 18.2 Å². The molecule has 0 atom stereocenters. The zero-order chi connectivity index (χ0) is 26.5. The zero-order valence-corrected chi connectivity index (χ0v) is 20.8. The van der Waals surface area contributed by atoms with Gasteiger partial charge in [-0.25, -0.2) is 4.79 Å². The molecule has 0 fully saturated rings. The van der Waals surface area contributed by atoms with Crippen LogP contribution >= 0.6 is 0 Å². The summed E-state index contributed by atoms with van der Waals surface area (Å²) in [6, 6.07) is 13.2. The first-order chi connectivity index (χ1) is 17.1. The van der Waals surface area contributed by atoms with Crippen molar-refractivity contribution in [3.8, 4) is 28.7 Å². The summed E-state index contributed by atoms with van der Waals surface area (Å²) >= 11 is 0. The van der Waals surface area contributed by atoms with Crippen LogP contribution in [0.2, 0.25) is 0 Å². The minimum absolute atomic E-state index is 0.0590. The number of hydrogen-bond donors (Lipinski definition) is 2. The van der Waals surface area contributed by atoms with Gasteiger partial charge in [-0.1, -0.05) is 18.2 Å². The maximum absolute atomic E-state index is 12.8. The molecule has 3 aromatic carbocycles. The van der Waals surface area contributed by atoms with E-state index in [1.165, 1.54) is 70.9 Å². The molecule has 3 aromatic rings. The van der Waals surface area contributed by atoms with Crippen LogP contribution in [0.3, 0.4) is 0 Å². The number of hydrogen-bond acceptors (Lipinski definition) is 9. The molecular formula is C25H25NO9S. The normalized spacial score (nSPS) is 11.5. The van der Waals surface area contributed by atoms with Gasteiger partial charge in [0.25, 0.3) is 0 Å². The van der Waals surface area contributed by atoms with Gasteiger partial charge in [-0.05, 0) is 42.0 Å². The molecule has 190 valence electrons. The number of anilines is 1. The average Bonchev–Trinajstić information content (AvgIpc) is 2.87. The molecule has 0 amide bonds. The third-order valence-electron chi connectivity index (χ3n) is 5.12. The molecule has 0 heterocycles. The fraction of sp³-hybridized carbons (Fsp3) is 0.160. The predicted molar refractivity (Wildman–Crippen MR) is 133 cm³/mol. The molecule has 10 nitrogen and oxygen atoms in total. The van der Waals surface area contributed by atoms with Crippen LogP contribution in [0, 0.1) is 0 Å². The van der Waals surface area contributed by atoms with Crippen molar-refractivity contribution in [3.05, 3.63) is 65.7 Å². The Labute approximate surface area is 208 Å². The van der Waals surface area contributed by atoms with Crippen LogP contribution in [0.4, 0.5) is 5.69 Å². The number of benzene rings is 3. The number of nitrogens with two attached hydrogens (primary N) is 1. The Morgan fingerprint density at radius 3 is 1.86 bits per heavy atom. The summed E-state index contributed by atoms with van der Waals surface area (Å²) < 4.78 is 52.0. The summed E-state index contributed by atoms with van der Waals surface area (Å²) in [5.41, 5.74) is 6.67. The predicted octanol–water partition coefficient (Wildman–Crippen LogP) is 3.70. The van der Waals surface area contributed by atoms with Gasteiger partial charge in [0.2, 0.25) is 5.75 Å². The van der Waals surface area contributed by atoms with Gasteiger partial charge in [-0.15, -0.1) is 0 Å². The Morgan fingerprint density at radius 2 is 1.36 bits per heavy atom. The van der Waals surface area contributed by atoms with Gasteiger partial charge in [-0.3, -0.25) is 0 Å². The van der Waals surface area contributed by atoms with E-state index in [2.05, 4.69) is 0 Å². The van der Waals surface area contributed by atoms with Crippen LogP contribution in [0.1, 0.15) is 11.1 Å². The lowest BCUT2D eigenvalue weighted by Gasteiger charge is -2.16. The number of carbonyl (C=O) groups is 1. The Hall–Kier alpha value is -4.38. The van der Waals surface area contributed by atoms with Crippen molar-refractivity contribution in [3.63, 3.8) is 0 Å². The van der Waals surface area contributed by atoms with Crippen LogP contribution in [0.25, 0.3) is 11.6 Å². The summed E-state index contributed by atoms with van der Waals surface area (Å²) in [7, 11) is 1.24. The van der Waals surface area contributed by atoms with Crippen molar-refractivity contribution < 1.29 is 41.4 Å². The fourth-order valence-corrected chi connectivity index (χ4v) is 4.29. The number of carboxylic acids is 1. The van der Waals surface area contributed by atoms with Crippen molar-refractivity contribution in [1.82, 2.24) is 0 Å². The van der Waals surface area contributed by atoms with Crippen molar-refractivity contribution >= 4 is 33.4 Å². The average molecular weight is 516 g/mol. The van der Waals surface area contributed by atoms with Gasteiger partial charge in [0.05, 0.1) is 34.0 Å². The molecule has 0 aromatic heterocycles. The van der Waals surface area contributed by atoms with E-state index in [9.17, 15) is 18.3 Å². The number of aliphatic carboxylic acids is 1. The lowest BCUT2D eigenvalue weighted by molar-refractivity contribution is -0.130. The van der Waals surface area contributed by atoms with Crippen molar-refractivity contribution in [2.75, 3.05) is 34.2 Å². The molecule has 0 radical (unpaired) electrons. The molecular weight excluding hydrogens is 490 g/mol. The second kappa shape index (κ2) is 10.9. The molecule has 36 heavy (non-hydrogen) atoms. The van der Waals surface area contributed by atoms with E-state index < -0.39 is 16.1 Å². The largest absolute Gasteiger partial charge is 0.493 e. The maximum atomic E-state index is 12.8. The Bertz CT molecular complexity index is 1380. The molecule has 3 N–H and O–H groups in total. The van der Waals surface area contributed by atoms with E-state index in [-0.39, 0.29) is 39.0 Å². The monoisotopic (exact) mass is 515 g/mol. The number of carboxylic acid groups (broad SMARTS) is 1. The number of ether oxygens (including phenoxy) is 4. The molecule has 0 aliphatic carbocycles. The van der Waals surface area contributed by atoms with Gasteiger partial charge in [0.1, 0.15) is 4.90 Å². The van der Waals surface area contributed by atoms with Crippen molar-refractivity contribution in [2.45, 2.75) is 4.90 Å². The van der Waals surface area contributed by atoms with Crippen LogP contribution in [0.5, 0.6) is 28.7 Å². The molecule has 0 saturated heterocycles. The SMILES string of the molecule is COc1cc(N)c(/C=C(/C(=O)O)c2cc(OC)c(OS(=O)(=O)c3ccccc3)c(OC)c2)cc1OC. The van der Waals surface area contributed by atoms with Crippen LogP contribution < -0.4 is 28.9 Å². The van der Waals surface area contributed by atoms with Gasteiger partial charge < -0.3 is 34.0 Å². The van der Waals surface area contributed by atoms with Crippen LogP contribution in [-0.2, 0) is 14.9 Å². The summed E-state index contributed by atoms with van der Waals surface area (Å²) in [4.78, 5) is 12.1. The summed E-state index contributed by atoms with van der Waals surface area (Å²) in [6.45, 7) is 0. The first-order valence-electron chi connectivity index (χ1n) is 10.4. The molecule has 0 spiro atoms. The second-order valence-corrected chi connectivity index (χ2v) is 8.81. The number of rotatable bonds is 10. The Kier molecular flexibility index (Phi) is 7.95. The van der Waals surface area contributed by atoms with E-state index in [0.29, 0.717) is 17.1 Å². The first-order valence-corrected chi connectivity index (χ1v) is 11.8. The summed E-state index contributed by atoms with van der Waals surface area (Å²) in [5, 5.41) is 9.96. The molecule has 3 rings (SSSR count). The molecule has 0 bridgehead atoms. The van der Waals surface area contributed by atoms with Crippen LogP contribution in [0.15, 0.2) is 59.5 Å². The molecule has 0 unspecified atom stereocenters. The highest BCUT2D eigenvalue weighted by Crippen LogP contribution is 2.42. The lowest BCUT2D eigenvalue weighted by atomic mass is 10.0. The molecule has 11 heteroatoms. The van der Waals surface area contributed by atoms with E-state index in [0.717, 1.165) is 0 Å². The molecule has 0 aliphatic heterocycles. The van der Waals surface area contributed by atoms with E-state index in [1.807, 2.05) is 0 Å². The molecule has 0 saturated carbocycles. The zero-order valence-electron chi connectivity index (χ0n) is 20.0. The molecule has 0 aliphatic rings. The highest BCUT2D eigenvalue weighted by molar-refractivity contribution is 7.87. The fourth-order valence-electron chi connectivity index (χ4n) is 3.32. The summed E-state index contributed by atoms with van der Waals surface area (Å²) in [5.74, 6) is -0.893.